The molecule has 3 nitrogen and oxygen atoms in total. The van der Waals surface area contributed by atoms with Crippen LogP contribution in [0.1, 0.15) is 29.2 Å². The van der Waals surface area contributed by atoms with Gasteiger partial charge in [-0.2, -0.15) is 0 Å². The van der Waals surface area contributed by atoms with Crippen LogP contribution in [0.15, 0.2) is 54.1 Å². The van der Waals surface area contributed by atoms with Gasteiger partial charge in [-0.1, -0.05) is 42.5 Å². The van der Waals surface area contributed by atoms with Crippen molar-refractivity contribution in [2.24, 2.45) is 0 Å². The molecule has 23 heavy (non-hydrogen) atoms. The van der Waals surface area contributed by atoms with E-state index < -0.39 is 0 Å². The van der Waals surface area contributed by atoms with Crippen LogP contribution in [0, 0.1) is 0 Å². The van der Waals surface area contributed by atoms with Gasteiger partial charge >= 0.3 is 0 Å². The van der Waals surface area contributed by atoms with E-state index in [0.29, 0.717) is 5.11 Å². The normalized spacial score (nSPS) is 19.3. The highest BCUT2D eigenvalue weighted by Gasteiger charge is 2.31. The van der Waals surface area contributed by atoms with E-state index in [2.05, 4.69) is 41.0 Å². The van der Waals surface area contributed by atoms with Gasteiger partial charge in [-0.3, -0.25) is 0 Å². The third-order valence-electron chi connectivity index (χ3n) is 4.58. The van der Waals surface area contributed by atoms with Crippen molar-refractivity contribution in [1.29, 1.82) is 0 Å². The van der Waals surface area contributed by atoms with Gasteiger partial charge in [0.15, 0.2) is 5.11 Å². The number of rotatable bonds is 2. The van der Waals surface area contributed by atoms with Crippen molar-refractivity contribution < 1.29 is 4.74 Å². The van der Waals surface area contributed by atoms with E-state index in [1.807, 2.05) is 18.2 Å². The van der Waals surface area contributed by atoms with Gasteiger partial charge in [-0.25, -0.2) is 0 Å². The van der Waals surface area contributed by atoms with Gasteiger partial charge in [0.25, 0.3) is 0 Å². The van der Waals surface area contributed by atoms with Crippen LogP contribution in [-0.2, 0) is 6.42 Å². The van der Waals surface area contributed by atoms with Gasteiger partial charge in [-0.15, -0.1) is 0 Å². The number of fused-ring (bicyclic) bond motifs is 2. The van der Waals surface area contributed by atoms with Crippen LogP contribution in [0.2, 0.25) is 0 Å². The second-order valence-electron chi connectivity index (χ2n) is 5.83. The highest BCUT2D eigenvalue weighted by molar-refractivity contribution is 7.80. The molecule has 4 heteroatoms. The van der Waals surface area contributed by atoms with Crippen molar-refractivity contribution >= 4 is 23.0 Å². The molecule has 0 fully saturated rings. The topological polar surface area (TPSA) is 33.3 Å². The zero-order valence-corrected chi connectivity index (χ0v) is 13.7. The number of benzene rings is 2. The molecule has 0 bridgehead atoms. The number of aryl methyl sites for hydroxylation is 1. The Bertz CT molecular complexity index is 813. The summed E-state index contributed by atoms with van der Waals surface area (Å²) in [7, 11) is 1.71. The Balaban J connectivity index is 1.87. The lowest BCUT2D eigenvalue weighted by molar-refractivity contribution is 0.405. The summed E-state index contributed by atoms with van der Waals surface area (Å²) in [5, 5.41) is 7.45. The molecular weight excluding hydrogens is 304 g/mol. The molecule has 1 atom stereocenters. The maximum absolute atomic E-state index is 5.56. The fraction of sp³-hybridized carbons (Fsp3) is 0.211. The van der Waals surface area contributed by atoms with Gasteiger partial charge < -0.3 is 15.4 Å². The molecule has 0 aromatic heterocycles. The standard InChI is InChI=1S/C19H18N2OS/c1-22-16-9-5-4-8-14(16)18-15-11-10-12-6-2-3-7-13(12)17(15)20-19(23)21-18/h2-9,18H,10-11H2,1H3,(H2,20,21,23). The predicted molar refractivity (Wildman–Crippen MR) is 96.3 cm³/mol. The van der Waals surface area contributed by atoms with Crippen LogP contribution >= 0.6 is 12.2 Å². The second kappa shape index (κ2) is 5.70. The van der Waals surface area contributed by atoms with Crippen molar-refractivity contribution in [3.63, 3.8) is 0 Å². The Kier molecular flexibility index (Phi) is 3.54. The van der Waals surface area contributed by atoms with Crippen molar-refractivity contribution in [3.8, 4) is 5.75 Å². The monoisotopic (exact) mass is 322 g/mol. The highest BCUT2D eigenvalue weighted by Crippen LogP contribution is 2.40. The van der Waals surface area contributed by atoms with Gasteiger partial charge in [0.1, 0.15) is 5.75 Å². The van der Waals surface area contributed by atoms with Gasteiger partial charge in [0.2, 0.25) is 0 Å². The summed E-state index contributed by atoms with van der Waals surface area (Å²) in [5.41, 5.74) is 6.28. The van der Waals surface area contributed by atoms with E-state index >= 15 is 0 Å². The number of methoxy groups -OCH3 is 1. The lowest BCUT2D eigenvalue weighted by Gasteiger charge is -2.36. The molecule has 0 saturated carbocycles. The smallest absolute Gasteiger partial charge is 0.171 e. The van der Waals surface area contributed by atoms with Crippen LogP contribution in [0.5, 0.6) is 5.75 Å². The van der Waals surface area contributed by atoms with E-state index in [0.717, 1.165) is 29.9 Å². The molecule has 0 amide bonds. The minimum absolute atomic E-state index is 0.0586. The van der Waals surface area contributed by atoms with Crippen LogP contribution in [0.4, 0.5) is 0 Å². The van der Waals surface area contributed by atoms with E-state index in [-0.39, 0.29) is 6.04 Å². The molecule has 1 aliphatic heterocycles. The van der Waals surface area contributed by atoms with Crippen LogP contribution < -0.4 is 15.4 Å². The van der Waals surface area contributed by atoms with Gasteiger partial charge in [-0.05, 0) is 42.3 Å². The molecule has 0 saturated heterocycles. The Morgan fingerprint density at radius 3 is 2.70 bits per heavy atom. The minimum Gasteiger partial charge on any atom is -0.496 e. The van der Waals surface area contributed by atoms with E-state index in [1.54, 1.807) is 7.11 Å². The summed E-state index contributed by atoms with van der Waals surface area (Å²) in [6.45, 7) is 0. The molecule has 2 aromatic carbocycles. The summed E-state index contributed by atoms with van der Waals surface area (Å²) in [5.74, 6) is 0.889. The maximum Gasteiger partial charge on any atom is 0.171 e. The van der Waals surface area contributed by atoms with Crippen molar-refractivity contribution in [3.05, 3.63) is 70.8 Å². The molecule has 0 radical (unpaired) electrons. The number of ether oxygens (including phenoxy) is 1. The first-order valence-corrected chi connectivity index (χ1v) is 8.20. The molecule has 0 spiro atoms. The highest BCUT2D eigenvalue weighted by atomic mass is 32.1. The summed E-state index contributed by atoms with van der Waals surface area (Å²) in [6.07, 6.45) is 2.06. The third kappa shape index (κ3) is 2.39. The van der Waals surface area contributed by atoms with Crippen LogP contribution in [0.25, 0.3) is 5.70 Å². The number of nitrogens with one attached hydrogen (secondary N) is 2. The molecule has 116 valence electrons. The fourth-order valence-electron chi connectivity index (χ4n) is 3.52. The lowest BCUT2D eigenvalue weighted by atomic mass is 9.82. The molecule has 2 aliphatic rings. The molecule has 2 N–H and O–H groups in total. The van der Waals surface area contributed by atoms with E-state index in [1.165, 1.54) is 16.7 Å². The summed E-state index contributed by atoms with van der Waals surface area (Å²) < 4.78 is 5.56. The number of hydrogen-bond donors (Lipinski definition) is 2. The lowest BCUT2D eigenvalue weighted by Crippen LogP contribution is -2.44. The number of thiocarbonyl (C=S) groups is 1. The zero-order chi connectivity index (χ0) is 15.8. The first-order chi connectivity index (χ1) is 11.3. The molecule has 1 heterocycles. The van der Waals surface area contributed by atoms with Crippen LogP contribution in [-0.4, -0.2) is 12.2 Å². The Morgan fingerprint density at radius 2 is 1.83 bits per heavy atom. The molecule has 2 aromatic rings. The maximum atomic E-state index is 5.56. The first kappa shape index (κ1) is 14.3. The Labute approximate surface area is 141 Å². The molecule has 4 rings (SSSR count). The number of para-hydroxylation sites is 1. The average Bonchev–Trinajstić information content (AvgIpc) is 2.61. The predicted octanol–water partition coefficient (Wildman–Crippen LogP) is 3.57. The number of hydrogen-bond acceptors (Lipinski definition) is 2. The Morgan fingerprint density at radius 1 is 1.04 bits per heavy atom. The fourth-order valence-corrected chi connectivity index (χ4v) is 3.74. The average molecular weight is 322 g/mol. The van der Waals surface area contributed by atoms with Crippen LogP contribution in [0.3, 0.4) is 0 Å². The minimum atomic E-state index is 0.0586. The Hall–Kier alpha value is -2.33. The third-order valence-corrected chi connectivity index (χ3v) is 4.80. The van der Waals surface area contributed by atoms with E-state index in [9.17, 15) is 0 Å². The summed E-state index contributed by atoms with van der Waals surface area (Å²) in [6, 6.07) is 16.8. The quantitative estimate of drug-likeness (QED) is 0.828. The summed E-state index contributed by atoms with van der Waals surface area (Å²) in [4.78, 5) is 0. The van der Waals surface area contributed by atoms with Crippen molar-refractivity contribution in [2.45, 2.75) is 18.9 Å². The molecule has 1 unspecified atom stereocenters. The van der Waals surface area contributed by atoms with Crippen molar-refractivity contribution in [2.75, 3.05) is 7.11 Å². The first-order valence-electron chi connectivity index (χ1n) is 7.79. The van der Waals surface area contributed by atoms with Crippen molar-refractivity contribution in [1.82, 2.24) is 10.6 Å². The molecular formula is C19H18N2OS. The van der Waals surface area contributed by atoms with Gasteiger partial charge in [0.05, 0.1) is 13.2 Å². The van der Waals surface area contributed by atoms with E-state index in [4.69, 9.17) is 17.0 Å². The SMILES string of the molecule is COc1ccccc1C1NC(=S)NC2=C1CCc1ccccc12. The zero-order valence-electron chi connectivity index (χ0n) is 12.9. The van der Waals surface area contributed by atoms with Gasteiger partial charge in [0, 0.05) is 16.8 Å². The largest absolute Gasteiger partial charge is 0.496 e. The second-order valence-corrected chi connectivity index (χ2v) is 6.24. The summed E-state index contributed by atoms with van der Waals surface area (Å²) >= 11 is 5.46. The molecule has 1 aliphatic carbocycles.